The first-order chi connectivity index (χ1) is 14.5. The summed E-state index contributed by atoms with van der Waals surface area (Å²) in [7, 11) is 1.63. The minimum Gasteiger partial charge on any atom is -0.497 e. The van der Waals surface area contributed by atoms with E-state index in [0.29, 0.717) is 13.0 Å². The fourth-order valence-corrected chi connectivity index (χ4v) is 4.43. The molecule has 1 aromatic heterocycles. The van der Waals surface area contributed by atoms with E-state index in [1.165, 1.54) is 6.07 Å². The molecule has 1 aliphatic rings. The number of aromatic nitrogens is 2. The lowest BCUT2D eigenvalue weighted by Gasteiger charge is -2.38. The molecule has 158 valence electrons. The summed E-state index contributed by atoms with van der Waals surface area (Å²) in [6, 6.07) is 12.4. The van der Waals surface area contributed by atoms with Crippen LogP contribution in [0.4, 0.5) is 4.39 Å². The summed E-state index contributed by atoms with van der Waals surface area (Å²) in [5.41, 5.74) is 2.71. The van der Waals surface area contributed by atoms with Gasteiger partial charge in [-0.2, -0.15) is 0 Å². The number of hydrogen-bond donors (Lipinski definition) is 2. The number of nitrogens with zero attached hydrogens (tertiary/aromatic N) is 2. The Morgan fingerprint density at radius 2 is 2.17 bits per heavy atom. The Kier molecular flexibility index (Phi) is 5.99. The third-order valence-corrected chi connectivity index (χ3v) is 5.90. The number of nitrogens with one attached hydrogen (secondary N) is 1. The topological polar surface area (TPSA) is 78.4 Å². The van der Waals surface area contributed by atoms with Gasteiger partial charge in [-0.05, 0) is 54.6 Å². The first-order valence-corrected chi connectivity index (χ1v) is 10.2. The number of ether oxygens (including phenoxy) is 1. The summed E-state index contributed by atoms with van der Waals surface area (Å²) in [4.78, 5) is 21.7. The molecule has 0 amide bonds. The second-order valence-electron chi connectivity index (χ2n) is 8.04. The number of hydrogen-bond acceptors (Lipinski definition) is 4. The van der Waals surface area contributed by atoms with Crippen molar-refractivity contribution in [2.45, 2.75) is 25.8 Å². The number of piperidine rings is 1. The van der Waals surface area contributed by atoms with Gasteiger partial charge in [-0.1, -0.05) is 12.1 Å². The highest BCUT2D eigenvalue weighted by Gasteiger charge is 2.31. The highest BCUT2D eigenvalue weighted by molar-refractivity contribution is 5.76. The fraction of sp³-hybridized carbons (Fsp3) is 0.391. The molecule has 0 saturated carbocycles. The number of fused-ring (bicyclic) bond motifs is 1. The zero-order valence-electron chi connectivity index (χ0n) is 17.0. The van der Waals surface area contributed by atoms with E-state index in [9.17, 15) is 14.3 Å². The average Bonchev–Trinajstić information content (AvgIpc) is 3.11. The van der Waals surface area contributed by atoms with Crippen LogP contribution in [0.5, 0.6) is 5.75 Å². The maximum atomic E-state index is 13.5. The van der Waals surface area contributed by atoms with E-state index in [2.05, 4.69) is 14.9 Å². The van der Waals surface area contributed by atoms with Gasteiger partial charge in [0.25, 0.3) is 0 Å². The molecule has 4 rings (SSSR count). The molecule has 1 fully saturated rings. The van der Waals surface area contributed by atoms with Crippen molar-refractivity contribution in [2.24, 2.45) is 11.8 Å². The third-order valence-electron chi connectivity index (χ3n) is 5.90. The van der Waals surface area contributed by atoms with Crippen LogP contribution in [0.3, 0.4) is 0 Å². The number of aromatic amines is 1. The Bertz CT molecular complexity index is 1040. The zero-order chi connectivity index (χ0) is 21.1. The van der Waals surface area contributed by atoms with E-state index in [4.69, 9.17) is 4.74 Å². The molecule has 2 heterocycles. The van der Waals surface area contributed by atoms with Crippen LogP contribution in [-0.2, 0) is 17.8 Å². The van der Waals surface area contributed by atoms with Gasteiger partial charge in [0.2, 0.25) is 0 Å². The van der Waals surface area contributed by atoms with Gasteiger partial charge in [0.15, 0.2) is 0 Å². The maximum Gasteiger partial charge on any atom is 0.303 e. The first-order valence-electron chi connectivity index (χ1n) is 10.2. The molecule has 30 heavy (non-hydrogen) atoms. The van der Waals surface area contributed by atoms with Gasteiger partial charge < -0.3 is 14.8 Å². The summed E-state index contributed by atoms with van der Waals surface area (Å²) in [5.74, 6) is 0.868. The Morgan fingerprint density at radius 1 is 1.30 bits per heavy atom. The van der Waals surface area contributed by atoms with Crippen LogP contribution in [0.2, 0.25) is 0 Å². The van der Waals surface area contributed by atoms with E-state index in [1.54, 1.807) is 19.2 Å². The number of carbonyl (C=O) groups is 1. The Labute approximate surface area is 174 Å². The molecule has 0 unspecified atom stereocenters. The molecule has 3 aromatic rings. The number of halogens is 1. The van der Waals surface area contributed by atoms with Crippen LogP contribution in [0, 0.1) is 17.7 Å². The molecule has 0 bridgehead atoms. The zero-order valence-corrected chi connectivity index (χ0v) is 17.0. The molecule has 0 radical (unpaired) electrons. The molecular weight excluding hydrogens is 385 g/mol. The fourth-order valence-electron chi connectivity index (χ4n) is 4.43. The Hall–Kier alpha value is -2.93. The van der Waals surface area contributed by atoms with Crippen molar-refractivity contribution in [3.63, 3.8) is 0 Å². The van der Waals surface area contributed by atoms with Crippen LogP contribution in [0.25, 0.3) is 11.0 Å². The lowest BCUT2D eigenvalue weighted by molar-refractivity contribution is -0.139. The number of rotatable bonds is 7. The van der Waals surface area contributed by atoms with E-state index >= 15 is 0 Å². The highest BCUT2D eigenvalue weighted by Crippen LogP contribution is 2.31. The van der Waals surface area contributed by atoms with E-state index in [1.807, 2.05) is 24.3 Å². The van der Waals surface area contributed by atoms with Crippen molar-refractivity contribution in [1.29, 1.82) is 0 Å². The van der Waals surface area contributed by atoms with Crippen LogP contribution in [0.15, 0.2) is 42.5 Å². The van der Waals surface area contributed by atoms with Crippen molar-refractivity contribution in [3.05, 3.63) is 59.7 Å². The molecule has 1 saturated heterocycles. The predicted molar refractivity (Wildman–Crippen MR) is 112 cm³/mol. The summed E-state index contributed by atoms with van der Waals surface area (Å²) < 4.78 is 18.8. The Morgan fingerprint density at radius 3 is 2.93 bits per heavy atom. The molecular formula is C23H26FN3O3. The predicted octanol–water partition coefficient (Wildman–Crippen LogP) is 3.87. The van der Waals surface area contributed by atoms with Crippen LogP contribution in [-0.4, -0.2) is 46.1 Å². The number of carboxylic acid groups (broad SMARTS) is 1. The lowest BCUT2D eigenvalue weighted by atomic mass is 9.81. The molecule has 2 N–H and O–H groups in total. The molecule has 2 atom stereocenters. The standard InChI is InChI=1S/C23H26FN3O3/c1-30-19-5-6-20-21(12-19)26-22(25-20)10-17-14-27(8-7-16(17)11-23(28)29)13-15-3-2-4-18(24)9-15/h2-6,9,12,16-17H,7-8,10-11,13-14H2,1H3,(H,25,26)(H,28,29)/t16-,17-/m0/s1. The van der Waals surface area contributed by atoms with Crippen molar-refractivity contribution in [1.82, 2.24) is 14.9 Å². The van der Waals surface area contributed by atoms with Gasteiger partial charge in [0, 0.05) is 32.0 Å². The largest absolute Gasteiger partial charge is 0.497 e. The molecule has 7 heteroatoms. The average molecular weight is 411 g/mol. The van der Waals surface area contributed by atoms with Crippen molar-refractivity contribution < 1.29 is 19.0 Å². The van der Waals surface area contributed by atoms with Crippen molar-refractivity contribution >= 4 is 17.0 Å². The minimum absolute atomic E-state index is 0.0917. The summed E-state index contributed by atoms with van der Waals surface area (Å²) >= 11 is 0. The van der Waals surface area contributed by atoms with Crippen LogP contribution < -0.4 is 4.74 Å². The van der Waals surface area contributed by atoms with Crippen molar-refractivity contribution in [2.75, 3.05) is 20.2 Å². The number of benzene rings is 2. The smallest absolute Gasteiger partial charge is 0.303 e. The quantitative estimate of drug-likeness (QED) is 0.617. The summed E-state index contributed by atoms with van der Waals surface area (Å²) in [6.07, 6.45) is 1.64. The third kappa shape index (κ3) is 4.79. The monoisotopic (exact) mass is 411 g/mol. The number of likely N-dealkylation sites (tertiary alicyclic amines) is 1. The minimum atomic E-state index is -0.766. The summed E-state index contributed by atoms with van der Waals surface area (Å²) in [6.45, 7) is 2.22. The molecule has 0 spiro atoms. The maximum absolute atomic E-state index is 13.5. The number of H-pyrrole nitrogens is 1. The van der Waals surface area contributed by atoms with E-state index in [-0.39, 0.29) is 24.1 Å². The van der Waals surface area contributed by atoms with Crippen LogP contribution in [0.1, 0.15) is 24.2 Å². The van der Waals surface area contributed by atoms with Gasteiger partial charge in [-0.25, -0.2) is 9.37 Å². The Balaban J connectivity index is 1.51. The first kappa shape index (κ1) is 20.3. The lowest BCUT2D eigenvalue weighted by Crippen LogP contribution is -2.41. The normalized spacial score (nSPS) is 19.8. The SMILES string of the molecule is COc1ccc2nc(C[C@H]3CN(Cc4cccc(F)c4)CC[C@H]3CC(=O)O)[nH]c2c1. The van der Waals surface area contributed by atoms with Gasteiger partial charge >= 0.3 is 5.97 Å². The van der Waals surface area contributed by atoms with E-state index in [0.717, 1.165) is 47.7 Å². The summed E-state index contributed by atoms with van der Waals surface area (Å²) in [5, 5.41) is 9.36. The second kappa shape index (κ2) is 8.83. The van der Waals surface area contributed by atoms with Crippen molar-refractivity contribution in [3.8, 4) is 5.75 Å². The van der Waals surface area contributed by atoms with Gasteiger partial charge in [-0.3, -0.25) is 9.69 Å². The van der Waals surface area contributed by atoms with Gasteiger partial charge in [0.1, 0.15) is 17.4 Å². The number of imidazole rings is 1. The number of carboxylic acids is 1. The van der Waals surface area contributed by atoms with Gasteiger partial charge in [-0.15, -0.1) is 0 Å². The highest BCUT2D eigenvalue weighted by atomic mass is 19.1. The van der Waals surface area contributed by atoms with Gasteiger partial charge in [0.05, 0.1) is 18.1 Å². The molecule has 2 aromatic carbocycles. The van der Waals surface area contributed by atoms with Crippen LogP contribution >= 0.6 is 0 Å². The number of aliphatic carboxylic acids is 1. The molecule has 1 aliphatic heterocycles. The molecule has 0 aliphatic carbocycles. The second-order valence-corrected chi connectivity index (χ2v) is 8.04. The number of methoxy groups -OCH3 is 1. The van der Waals surface area contributed by atoms with E-state index < -0.39 is 5.97 Å². The molecule has 6 nitrogen and oxygen atoms in total.